The van der Waals surface area contributed by atoms with Crippen molar-refractivity contribution >= 4 is 22.2 Å². The van der Waals surface area contributed by atoms with Gasteiger partial charge in [0.05, 0.1) is 11.4 Å². The fourth-order valence-corrected chi connectivity index (χ4v) is 4.52. The van der Waals surface area contributed by atoms with Gasteiger partial charge in [0.25, 0.3) is 10.1 Å². The normalized spacial score (nSPS) is 20.5. The summed E-state index contributed by atoms with van der Waals surface area (Å²) >= 11 is 0. The topological polar surface area (TPSA) is 99.2 Å². The molecule has 2 atom stereocenters. The third-order valence-corrected chi connectivity index (χ3v) is 6.57. The lowest BCUT2D eigenvalue weighted by atomic mass is 10.0. The Kier molecular flexibility index (Phi) is 7.86. The molecule has 0 unspecified atom stereocenters. The summed E-state index contributed by atoms with van der Waals surface area (Å²) in [4.78, 5) is 26.4. The van der Waals surface area contributed by atoms with Gasteiger partial charge in [0.1, 0.15) is 24.9 Å². The highest BCUT2D eigenvalue weighted by Gasteiger charge is 2.52. The second kappa shape index (κ2) is 10.3. The highest BCUT2D eigenvalue weighted by molar-refractivity contribution is 7.86. The molecule has 1 heterocycles. The molecule has 8 nitrogen and oxygen atoms in total. The summed E-state index contributed by atoms with van der Waals surface area (Å²) in [5.41, 5.74) is -1.62. The SMILES string of the molecule is Cc1ccc(S(=O)(=O)OC[C@@]2(F)C[C@@H](C(=O)OCc3ccccc3)N(C(=O)OC(C)(C)C)C2)cc1. The van der Waals surface area contributed by atoms with Crippen LogP contribution in [0, 0.1) is 6.92 Å². The molecule has 0 aliphatic carbocycles. The zero-order valence-electron chi connectivity index (χ0n) is 20.2. The molecule has 0 spiro atoms. The lowest BCUT2D eigenvalue weighted by Gasteiger charge is -2.27. The molecule has 1 amide bonds. The summed E-state index contributed by atoms with van der Waals surface area (Å²) < 4.78 is 56.5. The van der Waals surface area contributed by atoms with Crippen molar-refractivity contribution in [2.45, 2.75) is 62.9 Å². The Morgan fingerprint density at radius 2 is 1.71 bits per heavy atom. The van der Waals surface area contributed by atoms with E-state index in [0.29, 0.717) is 0 Å². The fraction of sp³-hybridized carbons (Fsp3) is 0.440. The molecule has 1 aliphatic heterocycles. The molecule has 2 aromatic rings. The van der Waals surface area contributed by atoms with Gasteiger partial charge in [-0.3, -0.25) is 9.08 Å². The second-order valence-corrected chi connectivity index (χ2v) is 11.2. The minimum Gasteiger partial charge on any atom is -0.459 e. The molecule has 10 heteroatoms. The van der Waals surface area contributed by atoms with Gasteiger partial charge in [-0.2, -0.15) is 8.42 Å². The predicted octanol–water partition coefficient (Wildman–Crippen LogP) is 4.16. The molecular weight excluding hydrogens is 477 g/mol. The van der Waals surface area contributed by atoms with E-state index in [2.05, 4.69) is 0 Å². The van der Waals surface area contributed by atoms with Crippen LogP contribution in [0.1, 0.15) is 38.3 Å². The van der Waals surface area contributed by atoms with Crippen molar-refractivity contribution < 1.29 is 36.1 Å². The first-order valence-electron chi connectivity index (χ1n) is 11.1. The van der Waals surface area contributed by atoms with Gasteiger partial charge in [-0.25, -0.2) is 14.0 Å². The first kappa shape index (κ1) is 26.6. The van der Waals surface area contributed by atoms with Crippen LogP contribution in [0.5, 0.6) is 0 Å². The zero-order valence-corrected chi connectivity index (χ0v) is 21.0. The molecule has 2 aromatic carbocycles. The number of carbonyl (C=O) groups is 2. The van der Waals surface area contributed by atoms with Crippen LogP contribution in [0.3, 0.4) is 0 Å². The van der Waals surface area contributed by atoms with E-state index in [-0.39, 0.29) is 11.5 Å². The van der Waals surface area contributed by atoms with E-state index in [9.17, 15) is 18.0 Å². The first-order valence-corrected chi connectivity index (χ1v) is 12.5. The molecule has 0 saturated carbocycles. The van der Waals surface area contributed by atoms with Crippen LogP contribution in [0.2, 0.25) is 0 Å². The number of carbonyl (C=O) groups excluding carboxylic acids is 2. The Hall–Kier alpha value is -2.98. The minimum absolute atomic E-state index is 0.0596. The second-order valence-electron chi connectivity index (χ2n) is 9.60. The van der Waals surface area contributed by atoms with E-state index < -0.39 is 59.1 Å². The van der Waals surface area contributed by atoms with Crippen LogP contribution in [-0.4, -0.2) is 55.8 Å². The van der Waals surface area contributed by atoms with E-state index in [1.54, 1.807) is 64.1 Å². The number of benzene rings is 2. The maximum absolute atomic E-state index is 15.8. The van der Waals surface area contributed by atoms with Gasteiger partial charge in [-0.15, -0.1) is 0 Å². The van der Waals surface area contributed by atoms with E-state index >= 15 is 4.39 Å². The standard InChI is InChI=1S/C25H30FNO7S/c1-18-10-12-20(13-11-18)35(30,31)33-17-25(26)14-21(27(16-25)23(29)34-24(2,3)4)22(28)32-15-19-8-6-5-7-9-19/h5-13,21H,14-17H2,1-4H3/t21-,25+/m0/s1. The minimum atomic E-state index is -4.24. The van der Waals surface area contributed by atoms with Crippen LogP contribution >= 0.6 is 0 Å². The summed E-state index contributed by atoms with van der Waals surface area (Å²) in [7, 11) is -4.24. The Balaban J connectivity index is 1.74. The van der Waals surface area contributed by atoms with Gasteiger partial charge in [0, 0.05) is 6.42 Å². The van der Waals surface area contributed by atoms with E-state index in [1.165, 1.54) is 12.1 Å². The van der Waals surface area contributed by atoms with Gasteiger partial charge in [0.2, 0.25) is 0 Å². The third-order valence-electron chi connectivity index (χ3n) is 5.30. The molecule has 0 bridgehead atoms. The number of alkyl halides is 1. The quantitative estimate of drug-likeness (QED) is 0.410. The van der Waals surface area contributed by atoms with Crippen molar-refractivity contribution in [2.75, 3.05) is 13.2 Å². The zero-order chi connectivity index (χ0) is 25.9. The number of halogens is 1. The van der Waals surface area contributed by atoms with Crippen molar-refractivity contribution in [3.63, 3.8) is 0 Å². The van der Waals surface area contributed by atoms with E-state index in [0.717, 1.165) is 16.0 Å². The molecule has 1 saturated heterocycles. The summed E-state index contributed by atoms with van der Waals surface area (Å²) in [5, 5.41) is 0. The average Bonchev–Trinajstić information content (AvgIpc) is 3.15. The third kappa shape index (κ3) is 7.25. The molecule has 35 heavy (non-hydrogen) atoms. The Morgan fingerprint density at radius 1 is 1.09 bits per heavy atom. The van der Waals surface area contributed by atoms with Crippen molar-refractivity contribution in [2.24, 2.45) is 0 Å². The summed E-state index contributed by atoms with van der Waals surface area (Å²) in [6.45, 7) is 5.21. The van der Waals surface area contributed by atoms with Gasteiger partial charge in [-0.05, 0) is 45.4 Å². The van der Waals surface area contributed by atoms with Crippen LogP contribution in [-0.2, 0) is 35.2 Å². The van der Waals surface area contributed by atoms with Crippen molar-refractivity contribution in [3.8, 4) is 0 Å². The number of likely N-dealkylation sites (tertiary alicyclic amines) is 1. The smallest absolute Gasteiger partial charge is 0.411 e. The van der Waals surface area contributed by atoms with Crippen LogP contribution in [0.15, 0.2) is 59.5 Å². The maximum Gasteiger partial charge on any atom is 0.411 e. The number of nitrogens with zero attached hydrogens (tertiary/aromatic N) is 1. The summed E-state index contributed by atoms with van der Waals surface area (Å²) in [5.74, 6) is -0.819. The molecule has 3 rings (SSSR count). The number of rotatable bonds is 7. The van der Waals surface area contributed by atoms with Crippen molar-refractivity contribution in [3.05, 3.63) is 65.7 Å². The number of amides is 1. The first-order chi connectivity index (χ1) is 16.3. The molecule has 1 aliphatic rings. The van der Waals surface area contributed by atoms with Crippen LogP contribution in [0.4, 0.5) is 9.18 Å². The number of hydrogen-bond donors (Lipinski definition) is 0. The molecular formula is C25H30FNO7S. The summed E-state index contributed by atoms with van der Waals surface area (Å²) in [6.07, 6.45) is -1.40. The van der Waals surface area contributed by atoms with Crippen LogP contribution < -0.4 is 0 Å². The van der Waals surface area contributed by atoms with Gasteiger partial charge >= 0.3 is 12.1 Å². The lowest BCUT2D eigenvalue weighted by molar-refractivity contribution is -0.150. The van der Waals surface area contributed by atoms with Crippen molar-refractivity contribution in [1.82, 2.24) is 4.90 Å². The Morgan fingerprint density at radius 3 is 2.31 bits per heavy atom. The number of hydrogen-bond acceptors (Lipinski definition) is 7. The van der Waals surface area contributed by atoms with E-state index in [1.807, 2.05) is 6.07 Å². The molecule has 0 radical (unpaired) electrons. The van der Waals surface area contributed by atoms with E-state index in [4.69, 9.17) is 13.7 Å². The Labute approximate surface area is 205 Å². The fourth-order valence-electron chi connectivity index (χ4n) is 3.55. The lowest BCUT2D eigenvalue weighted by Crippen LogP contribution is -2.44. The average molecular weight is 508 g/mol. The van der Waals surface area contributed by atoms with Gasteiger partial charge in [-0.1, -0.05) is 48.0 Å². The van der Waals surface area contributed by atoms with Crippen molar-refractivity contribution in [1.29, 1.82) is 0 Å². The highest BCUT2D eigenvalue weighted by Crippen LogP contribution is 2.34. The maximum atomic E-state index is 15.8. The number of ether oxygens (including phenoxy) is 2. The van der Waals surface area contributed by atoms with Gasteiger partial charge < -0.3 is 9.47 Å². The molecule has 190 valence electrons. The molecule has 0 N–H and O–H groups in total. The number of esters is 1. The monoisotopic (exact) mass is 507 g/mol. The molecule has 1 fully saturated rings. The predicted molar refractivity (Wildman–Crippen MR) is 126 cm³/mol. The summed E-state index contributed by atoms with van der Waals surface area (Å²) in [6, 6.07) is 13.5. The number of aryl methyl sites for hydroxylation is 1. The largest absolute Gasteiger partial charge is 0.459 e. The Bertz CT molecular complexity index is 1150. The molecule has 0 aromatic heterocycles. The highest BCUT2D eigenvalue weighted by atomic mass is 32.2. The van der Waals surface area contributed by atoms with Gasteiger partial charge in [0.15, 0.2) is 5.67 Å². The van der Waals surface area contributed by atoms with Crippen LogP contribution in [0.25, 0.3) is 0 Å².